The largest absolute Gasteiger partial charge is 0.444 e. The quantitative estimate of drug-likeness (QED) is 0.316. The maximum atomic E-state index is 14.3. The zero-order chi connectivity index (χ0) is 38.0. The molecule has 2 fully saturated rings. The molecule has 6 rings (SSSR count). The summed E-state index contributed by atoms with van der Waals surface area (Å²) < 4.78 is 41.4. The highest BCUT2D eigenvalue weighted by atomic mass is 32.2. The first-order valence-corrected chi connectivity index (χ1v) is 20.0. The summed E-state index contributed by atoms with van der Waals surface area (Å²) in [6.07, 6.45) is 5.79. The number of hydrogen-bond acceptors (Lipinski definition) is 11. The Labute approximate surface area is 312 Å². The summed E-state index contributed by atoms with van der Waals surface area (Å²) >= 11 is 1.03. The van der Waals surface area contributed by atoms with Gasteiger partial charge >= 0.3 is 22.4 Å². The van der Waals surface area contributed by atoms with Gasteiger partial charge in [0, 0.05) is 37.0 Å². The number of nitrogens with one attached hydrogen (secondary N) is 4. The Bertz CT molecular complexity index is 1840. The topological polar surface area (TPSA) is 205 Å². The van der Waals surface area contributed by atoms with Crippen LogP contribution in [-0.2, 0) is 47.2 Å². The molecule has 53 heavy (non-hydrogen) atoms. The van der Waals surface area contributed by atoms with Gasteiger partial charge < -0.3 is 25.0 Å². The van der Waals surface area contributed by atoms with E-state index >= 15 is 0 Å². The molecule has 16 nitrogen and oxygen atoms in total. The smallest absolute Gasteiger partial charge is 0.410 e. The number of rotatable bonds is 6. The predicted molar refractivity (Wildman–Crippen MR) is 193 cm³/mol. The highest BCUT2D eigenvalue weighted by molar-refractivity contribution is 7.91. The Kier molecular flexibility index (Phi) is 11.0. The predicted octanol–water partition coefficient (Wildman–Crippen LogP) is 3.33. The lowest BCUT2D eigenvalue weighted by Crippen LogP contribution is -2.58. The number of ether oxygens (including phenoxy) is 2. The number of alkyl carbamates (subject to hydrolysis) is 1. The van der Waals surface area contributed by atoms with Crippen molar-refractivity contribution in [3.8, 4) is 0 Å². The Hall–Kier alpha value is -4.71. The number of nitrogens with zero attached hydrogens (tertiary/aromatic N) is 3. The molecule has 0 spiro atoms. The van der Waals surface area contributed by atoms with Gasteiger partial charge in [-0.1, -0.05) is 49.3 Å². The number of carbonyl (C=O) groups excluding carboxylic acids is 5. The van der Waals surface area contributed by atoms with Crippen LogP contribution in [0.2, 0.25) is 0 Å². The highest BCUT2D eigenvalue weighted by Gasteiger charge is 2.61. The van der Waals surface area contributed by atoms with Crippen molar-refractivity contribution in [2.24, 2.45) is 5.92 Å². The molecule has 1 aliphatic carbocycles. The van der Waals surface area contributed by atoms with Gasteiger partial charge in [-0.05, 0) is 57.6 Å². The van der Waals surface area contributed by atoms with Gasteiger partial charge in [-0.2, -0.15) is 8.42 Å². The third-order valence-corrected chi connectivity index (χ3v) is 11.3. The van der Waals surface area contributed by atoms with E-state index in [1.54, 1.807) is 32.2 Å². The SMILES string of the molecule is CC(C)(C)OC(=O)N[C@H]1CCCCC/C=C\[C@H]2C[C@@]2(C(=O)NS(=O)(=O)Nc2nccs2)NC(=O)[C@@H]2C[C@@H](OC(=O)N3Cc4ccccc4C3)CN2C1=O. The van der Waals surface area contributed by atoms with E-state index in [1.807, 2.05) is 35.1 Å². The highest BCUT2D eigenvalue weighted by Crippen LogP contribution is 2.46. The summed E-state index contributed by atoms with van der Waals surface area (Å²) in [6, 6.07) is 5.37. The second-order valence-electron chi connectivity index (χ2n) is 14.8. The van der Waals surface area contributed by atoms with Crippen molar-refractivity contribution < 1.29 is 41.9 Å². The number of benzene rings is 1. The molecule has 4 N–H and O–H groups in total. The van der Waals surface area contributed by atoms with E-state index in [4.69, 9.17) is 9.47 Å². The van der Waals surface area contributed by atoms with E-state index in [1.165, 1.54) is 16.0 Å². The van der Waals surface area contributed by atoms with Crippen LogP contribution >= 0.6 is 11.3 Å². The third kappa shape index (κ3) is 9.27. The summed E-state index contributed by atoms with van der Waals surface area (Å²) in [5.74, 6) is -2.78. The molecule has 1 saturated carbocycles. The molecule has 0 radical (unpaired) electrons. The molecule has 0 bridgehead atoms. The Morgan fingerprint density at radius 1 is 1.08 bits per heavy atom. The number of amides is 5. The van der Waals surface area contributed by atoms with Gasteiger partial charge in [0.1, 0.15) is 29.3 Å². The summed E-state index contributed by atoms with van der Waals surface area (Å²) in [5, 5.41) is 7.08. The van der Waals surface area contributed by atoms with Gasteiger partial charge in [-0.3, -0.25) is 19.3 Å². The van der Waals surface area contributed by atoms with Gasteiger partial charge in [0.15, 0.2) is 5.13 Å². The zero-order valence-electron chi connectivity index (χ0n) is 29.8. The fourth-order valence-electron chi connectivity index (χ4n) is 6.92. The molecule has 0 unspecified atom stereocenters. The molecule has 18 heteroatoms. The zero-order valence-corrected chi connectivity index (χ0v) is 31.5. The van der Waals surface area contributed by atoms with Crippen LogP contribution in [0.4, 0.5) is 14.7 Å². The molecule has 1 saturated heterocycles. The first-order valence-electron chi connectivity index (χ1n) is 17.7. The second-order valence-corrected chi connectivity index (χ2v) is 17.1. The van der Waals surface area contributed by atoms with Gasteiger partial charge in [-0.15, -0.1) is 11.3 Å². The number of anilines is 1. The van der Waals surface area contributed by atoms with Gasteiger partial charge in [-0.25, -0.2) is 24.0 Å². The second kappa shape index (κ2) is 15.3. The standard InChI is InChI=1S/C35H45N7O9S2/c1-34(2,3)51-32(46)37-26-14-8-6-4-5-7-13-24-18-35(24,30(45)39-53(48,49)40-31-36-15-16-52-31)38-28(43)27-17-25(21-42(27)29(26)44)50-33(47)41-19-22-11-9-10-12-23(22)20-41/h7,9-13,15-16,24-27H,4-6,8,14,17-21H2,1-3H3,(H,36,40)(H,37,46)(H,38,43)(H,39,45)/b13-7-/t24-,25+,26-,27-,35+/m0/s1. The van der Waals surface area contributed by atoms with Gasteiger partial charge in [0.05, 0.1) is 6.54 Å². The summed E-state index contributed by atoms with van der Waals surface area (Å²) in [6.45, 7) is 5.66. The number of carbonyl (C=O) groups is 5. The fourth-order valence-corrected chi connectivity index (χ4v) is 8.58. The van der Waals surface area contributed by atoms with Crippen LogP contribution in [0.3, 0.4) is 0 Å². The molecule has 5 amide bonds. The van der Waals surface area contributed by atoms with E-state index in [0.29, 0.717) is 25.9 Å². The Morgan fingerprint density at radius 2 is 1.81 bits per heavy atom. The molecule has 5 atom stereocenters. The molecule has 2 aromatic rings. The number of allylic oxidation sites excluding steroid dienone is 1. The first kappa shape index (κ1) is 38.0. The molecular formula is C35H45N7O9S2. The van der Waals surface area contributed by atoms with Crippen molar-refractivity contribution in [1.29, 1.82) is 0 Å². The molecule has 1 aromatic carbocycles. The fraction of sp³-hybridized carbons (Fsp3) is 0.543. The van der Waals surface area contributed by atoms with Crippen LogP contribution in [0.15, 0.2) is 48.0 Å². The van der Waals surface area contributed by atoms with Crippen molar-refractivity contribution in [3.63, 3.8) is 0 Å². The number of fused-ring (bicyclic) bond motifs is 3. The van der Waals surface area contributed by atoms with Crippen LogP contribution < -0.4 is 20.1 Å². The average molecular weight is 772 g/mol. The Balaban J connectivity index is 1.25. The molecular weight excluding hydrogens is 727 g/mol. The number of aromatic nitrogens is 1. The van der Waals surface area contributed by atoms with E-state index in [0.717, 1.165) is 35.3 Å². The van der Waals surface area contributed by atoms with Crippen molar-refractivity contribution in [2.45, 2.75) is 108 Å². The summed E-state index contributed by atoms with van der Waals surface area (Å²) in [7, 11) is -4.41. The molecule has 286 valence electrons. The molecule has 4 heterocycles. The maximum absolute atomic E-state index is 14.3. The van der Waals surface area contributed by atoms with Crippen molar-refractivity contribution in [3.05, 3.63) is 59.1 Å². The van der Waals surface area contributed by atoms with Gasteiger partial charge in [0.25, 0.3) is 5.91 Å². The minimum absolute atomic E-state index is 0.0502. The van der Waals surface area contributed by atoms with Gasteiger partial charge in [0.2, 0.25) is 11.8 Å². The summed E-state index contributed by atoms with van der Waals surface area (Å²) in [4.78, 5) is 75.3. The van der Waals surface area contributed by atoms with Crippen LogP contribution in [0, 0.1) is 5.92 Å². The molecule has 4 aliphatic rings. The number of thiazole rings is 1. The van der Waals surface area contributed by atoms with E-state index in [9.17, 15) is 32.4 Å². The average Bonchev–Trinajstić information content (AvgIpc) is 3.49. The minimum atomic E-state index is -4.41. The van der Waals surface area contributed by atoms with Crippen molar-refractivity contribution in [1.82, 2.24) is 30.1 Å². The lowest BCUT2D eigenvalue weighted by molar-refractivity contribution is -0.141. The first-order chi connectivity index (χ1) is 25.1. The van der Waals surface area contributed by atoms with Crippen LogP contribution in [-0.4, -0.2) is 89.0 Å². The van der Waals surface area contributed by atoms with Crippen molar-refractivity contribution in [2.75, 3.05) is 11.3 Å². The lowest BCUT2D eigenvalue weighted by atomic mass is 10.0. The van der Waals surface area contributed by atoms with E-state index in [-0.39, 0.29) is 30.9 Å². The maximum Gasteiger partial charge on any atom is 0.410 e. The van der Waals surface area contributed by atoms with Crippen LogP contribution in [0.25, 0.3) is 0 Å². The van der Waals surface area contributed by atoms with E-state index in [2.05, 4.69) is 20.3 Å². The lowest BCUT2D eigenvalue weighted by Gasteiger charge is -2.30. The van der Waals surface area contributed by atoms with E-state index < -0.39 is 75.4 Å². The Morgan fingerprint density at radius 3 is 2.49 bits per heavy atom. The molecule has 3 aliphatic heterocycles. The normalized spacial score (nSPS) is 26.8. The monoisotopic (exact) mass is 771 g/mol. The van der Waals surface area contributed by atoms with Crippen molar-refractivity contribution >= 4 is 56.6 Å². The minimum Gasteiger partial charge on any atom is -0.444 e. The van der Waals surface area contributed by atoms with Crippen LogP contribution in [0.5, 0.6) is 0 Å². The number of hydrogen-bond donors (Lipinski definition) is 4. The molecule has 1 aromatic heterocycles. The summed E-state index contributed by atoms with van der Waals surface area (Å²) in [5.41, 5.74) is -0.475. The van der Waals surface area contributed by atoms with Crippen LogP contribution in [0.1, 0.15) is 76.8 Å². The third-order valence-electron chi connectivity index (χ3n) is 9.58.